The lowest BCUT2D eigenvalue weighted by Crippen LogP contribution is -2.50. The molecule has 6 nitrogen and oxygen atoms in total. The molecule has 0 atom stereocenters. The predicted octanol–water partition coefficient (Wildman–Crippen LogP) is 2.78. The topological polar surface area (TPSA) is 53.1 Å². The van der Waals surface area contributed by atoms with Crippen LogP contribution in [0.4, 0.5) is 11.4 Å². The Morgan fingerprint density at radius 1 is 0.964 bits per heavy atom. The van der Waals surface area contributed by atoms with Crippen LogP contribution in [0.3, 0.4) is 0 Å². The summed E-state index contributed by atoms with van der Waals surface area (Å²) in [5, 5.41) is 0. The second-order valence-electron chi connectivity index (χ2n) is 6.75. The van der Waals surface area contributed by atoms with Crippen LogP contribution in [0.5, 0.6) is 0 Å². The van der Waals surface area contributed by atoms with Crippen molar-refractivity contribution in [1.82, 2.24) is 4.90 Å². The summed E-state index contributed by atoms with van der Waals surface area (Å²) in [5.41, 5.74) is 2.05. The second kappa shape index (κ2) is 9.19. The number of hydrogen-bond donors (Lipinski definition) is 0. The largest absolute Gasteiger partial charge is 0.379 e. The highest BCUT2D eigenvalue weighted by Gasteiger charge is 2.33. The zero-order chi connectivity index (χ0) is 18.6. The van der Waals surface area contributed by atoms with Gasteiger partial charge in [-0.1, -0.05) is 30.3 Å². The average molecular weight is 402 g/mol. The lowest BCUT2D eigenvalue weighted by molar-refractivity contribution is -0.119. The van der Waals surface area contributed by atoms with Gasteiger partial charge in [-0.2, -0.15) is 0 Å². The summed E-state index contributed by atoms with van der Waals surface area (Å²) in [6.07, 6.45) is 0.422. The molecule has 28 heavy (non-hydrogen) atoms. The third kappa shape index (κ3) is 4.19. The standard InChI is InChI=1S/C21H23N3O3.ClH/c25-20(10-11-22-12-14-27-15-13-22)24-16-23(17-6-2-1-3-7-17)21(26)18-8-4-5-9-19(18)24;/h1-9H,10-16H2;1H. The number of para-hydroxylation sites is 2. The highest BCUT2D eigenvalue weighted by Crippen LogP contribution is 2.30. The maximum absolute atomic E-state index is 13.0. The first kappa shape index (κ1) is 20.3. The number of morpholine rings is 1. The fourth-order valence-corrected chi connectivity index (χ4v) is 3.55. The van der Waals surface area contributed by atoms with Crippen molar-refractivity contribution in [1.29, 1.82) is 0 Å². The molecule has 2 amide bonds. The summed E-state index contributed by atoms with van der Waals surface area (Å²) in [6, 6.07) is 16.8. The SMILES string of the molecule is Cl.O=C1c2ccccc2N(C(=O)CCN2CCOCC2)CN1c1ccccc1. The van der Waals surface area contributed by atoms with Gasteiger partial charge in [-0.3, -0.25) is 24.3 Å². The summed E-state index contributed by atoms with van der Waals surface area (Å²) in [6.45, 7) is 4.10. The molecule has 2 aliphatic heterocycles. The Morgan fingerprint density at radius 2 is 1.64 bits per heavy atom. The summed E-state index contributed by atoms with van der Waals surface area (Å²) in [5.74, 6) is -0.0450. The maximum Gasteiger partial charge on any atom is 0.261 e. The second-order valence-corrected chi connectivity index (χ2v) is 6.75. The van der Waals surface area contributed by atoms with Crippen LogP contribution in [0.25, 0.3) is 0 Å². The van der Waals surface area contributed by atoms with Crippen molar-refractivity contribution in [2.45, 2.75) is 6.42 Å². The number of hydrogen-bond acceptors (Lipinski definition) is 4. The lowest BCUT2D eigenvalue weighted by atomic mass is 10.1. The number of carbonyl (C=O) groups is 2. The number of benzene rings is 2. The maximum atomic E-state index is 13.0. The van der Waals surface area contributed by atoms with Crippen LogP contribution in [0.1, 0.15) is 16.8 Å². The summed E-state index contributed by atoms with van der Waals surface area (Å²) in [4.78, 5) is 31.6. The number of anilines is 2. The van der Waals surface area contributed by atoms with Crippen LogP contribution in [0.2, 0.25) is 0 Å². The molecule has 0 saturated carbocycles. The van der Waals surface area contributed by atoms with Gasteiger partial charge in [0.2, 0.25) is 5.91 Å². The molecule has 0 aliphatic carbocycles. The molecule has 0 radical (unpaired) electrons. The number of halogens is 1. The summed E-state index contributed by atoms with van der Waals surface area (Å²) >= 11 is 0. The molecule has 1 fully saturated rings. The Balaban J connectivity index is 0.00000225. The van der Waals surface area contributed by atoms with E-state index in [4.69, 9.17) is 4.74 Å². The molecule has 2 aliphatic rings. The van der Waals surface area contributed by atoms with E-state index in [-0.39, 0.29) is 30.9 Å². The van der Waals surface area contributed by atoms with E-state index in [1.807, 2.05) is 48.5 Å². The van der Waals surface area contributed by atoms with E-state index >= 15 is 0 Å². The van der Waals surface area contributed by atoms with Gasteiger partial charge in [-0.15, -0.1) is 12.4 Å². The third-order valence-electron chi connectivity index (χ3n) is 5.07. The Morgan fingerprint density at radius 3 is 2.39 bits per heavy atom. The van der Waals surface area contributed by atoms with Crippen molar-refractivity contribution in [3.63, 3.8) is 0 Å². The number of amides is 2. The van der Waals surface area contributed by atoms with E-state index in [1.165, 1.54) is 0 Å². The predicted molar refractivity (Wildman–Crippen MR) is 111 cm³/mol. The monoisotopic (exact) mass is 401 g/mol. The molecule has 7 heteroatoms. The number of ether oxygens (including phenoxy) is 1. The average Bonchev–Trinajstić information content (AvgIpc) is 2.74. The quantitative estimate of drug-likeness (QED) is 0.790. The van der Waals surface area contributed by atoms with Crippen molar-refractivity contribution in [3.05, 3.63) is 60.2 Å². The molecule has 0 bridgehead atoms. The van der Waals surface area contributed by atoms with Crippen molar-refractivity contribution < 1.29 is 14.3 Å². The first-order valence-electron chi connectivity index (χ1n) is 9.30. The van der Waals surface area contributed by atoms with Gasteiger partial charge in [-0.25, -0.2) is 0 Å². The highest BCUT2D eigenvalue weighted by atomic mass is 35.5. The zero-order valence-electron chi connectivity index (χ0n) is 15.6. The van der Waals surface area contributed by atoms with E-state index in [9.17, 15) is 9.59 Å². The Bertz CT molecular complexity index is 825. The van der Waals surface area contributed by atoms with Gasteiger partial charge in [0.25, 0.3) is 5.91 Å². The van der Waals surface area contributed by atoms with Gasteiger partial charge in [0.1, 0.15) is 6.67 Å². The molecule has 2 heterocycles. The molecule has 0 unspecified atom stereocenters. The number of carbonyl (C=O) groups excluding carboxylic acids is 2. The van der Waals surface area contributed by atoms with E-state index in [2.05, 4.69) is 4.90 Å². The van der Waals surface area contributed by atoms with Crippen LogP contribution in [-0.4, -0.2) is 56.2 Å². The van der Waals surface area contributed by atoms with Crippen molar-refractivity contribution in [2.24, 2.45) is 0 Å². The molecular weight excluding hydrogens is 378 g/mol. The Kier molecular flexibility index (Phi) is 6.67. The third-order valence-corrected chi connectivity index (χ3v) is 5.07. The van der Waals surface area contributed by atoms with E-state index in [0.717, 1.165) is 32.0 Å². The van der Waals surface area contributed by atoms with Crippen LogP contribution >= 0.6 is 12.4 Å². The van der Waals surface area contributed by atoms with E-state index < -0.39 is 0 Å². The van der Waals surface area contributed by atoms with Crippen LogP contribution in [0, 0.1) is 0 Å². The van der Waals surface area contributed by atoms with Crippen LogP contribution in [0.15, 0.2) is 54.6 Å². The Labute approximate surface area is 171 Å². The fraction of sp³-hybridized carbons (Fsp3) is 0.333. The minimum Gasteiger partial charge on any atom is -0.379 e. The zero-order valence-corrected chi connectivity index (χ0v) is 16.4. The molecule has 0 aromatic heterocycles. The van der Waals surface area contributed by atoms with Crippen molar-refractivity contribution in [2.75, 3.05) is 49.3 Å². The Hall–Kier alpha value is -2.41. The van der Waals surface area contributed by atoms with Gasteiger partial charge in [0, 0.05) is 31.7 Å². The van der Waals surface area contributed by atoms with Gasteiger partial charge in [-0.05, 0) is 24.3 Å². The van der Waals surface area contributed by atoms with Crippen LogP contribution in [-0.2, 0) is 9.53 Å². The normalized spacial score (nSPS) is 17.1. The molecule has 0 spiro atoms. The van der Waals surface area contributed by atoms with Gasteiger partial charge >= 0.3 is 0 Å². The summed E-state index contributed by atoms with van der Waals surface area (Å²) in [7, 11) is 0. The van der Waals surface area contributed by atoms with Crippen LogP contribution < -0.4 is 9.80 Å². The molecule has 2 aromatic carbocycles. The number of nitrogens with zero attached hydrogens (tertiary/aromatic N) is 3. The molecule has 2 aromatic rings. The van der Waals surface area contributed by atoms with Crippen molar-refractivity contribution in [3.8, 4) is 0 Å². The first-order chi connectivity index (χ1) is 13.2. The number of fused-ring (bicyclic) bond motifs is 1. The highest BCUT2D eigenvalue weighted by molar-refractivity contribution is 6.15. The van der Waals surface area contributed by atoms with Gasteiger partial charge in [0.05, 0.1) is 24.5 Å². The molecule has 4 rings (SSSR count). The molecular formula is C21H24ClN3O3. The van der Waals surface area contributed by atoms with Crippen molar-refractivity contribution >= 4 is 35.6 Å². The van der Waals surface area contributed by atoms with Gasteiger partial charge in [0.15, 0.2) is 0 Å². The smallest absolute Gasteiger partial charge is 0.261 e. The van der Waals surface area contributed by atoms with E-state index in [1.54, 1.807) is 15.9 Å². The molecule has 0 N–H and O–H groups in total. The van der Waals surface area contributed by atoms with Gasteiger partial charge < -0.3 is 4.74 Å². The number of rotatable bonds is 4. The molecule has 148 valence electrons. The van der Waals surface area contributed by atoms with E-state index in [0.29, 0.717) is 24.2 Å². The minimum atomic E-state index is -0.0750. The fourth-order valence-electron chi connectivity index (χ4n) is 3.55. The minimum absolute atomic E-state index is 0. The first-order valence-corrected chi connectivity index (χ1v) is 9.30. The molecule has 1 saturated heterocycles. The summed E-state index contributed by atoms with van der Waals surface area (Å²) < 4.78 is 5.36. The lowest BCUT2D eigenvalue weighted by Gasteiger charge is -2.37.